The summed E-state index contributed by atoms with van der Waals surface area (Å²) in [5.74, 6) is -0.395. The first-order valence-electron chi connectivity index (χ1n) is 8.54. The lowest BCUT2D eigenvalue weighted by molar-refractivity contribution is -0.0258. The molecule has 0 fully saturated rings. The summed E-state index contributed by atoms with van der Waals surface area (Å²) in [5.41, 5.74) is 2.02. The second kappa shape index (κ2) is 9.06. The highest BCUT2D eigenvalue weighted by molar-refractivity contribution is 7.89. The first-order valence-corrected chi connectivity index (χ1v) is 11.3. The molecule has 1 aromatic heterocycles. The summed E-state index contributed by atoms with van der Waals surface area (Å²) in [6.07, 6.45) is 0. The molecule has 0 aliphatic rings. The largest absolute Gasteiger partial charge is 0.341 e. The lowest BCUT2D eigenvalue weighted by Gasteiger charge is -2.19. The number of thiophene rings is 1. The van der Waals surface area contributed by atoms with E-state index in [-0.39, 0.29) is 10.5 Å². The molecular formula is C20H19ClN2O4S2. The van der Waals surface area contributed by atoms with Crippen LogP contribution in [0.15, 0.2) is 70.3 Å². The molecule has 6 nitrogen and oxygen atoms in total. The molecule has 1 amide bonds. The maximum absolute atomic E-state index is 12.9. The van der Waals surface area contributed by atoms with Gasteiger partial charge in [-0.2, -0.15) is 11.3 Å². The van der Waals surface area contributed by atoms with Crippen molar-refractivity contribution in [1.29, 1.82) is 0 Å². The van der Waals surface area contributed by atoms with Crippen molar-refractivity contribution in [2.75, 3.05) is 14.2 Å². The second-order valence-corrected chi connectivity index (χ2v) is 9.29. The Morgan fingerprint density at radius 2 is 1.86 bits per heavy atom. The summed E-state index contributed by atoms with van der Waals surface area (Å²) in [6, 6.07) is 14.6. The van der Waals surface area contributed by atoms with Crippen LogP contribution in [-0.2, 0) is 14.9 Å². The Labute approximate surface area is 178 Å². The number of hydroxylamine groups is 1. The molecule has 1 N–H and O–H groups in total. The van der Waals surface area contributed by atoms with Gasteiger partial charge in [0.25, 0.3) is 15.9 Å². The van der Waals surface area contributed by atoms with E-state index in [0.717, 1.165) is 15.6 Å². The average Bonchev–Trinajstić information content (AvgIpc) is 3.26. The minimum Gasteiger partial charge on any atom is -0.341 e. The lowest BCUT2D eigenvalue weighted by atomic mass is 10.0. The number of halogens is 1. The van der Waals surface area contributed by atoms with Crippen LogP contribution in [0.3, 0.4) is 0 Å². The number of rotatable bonds is 7. The van der Waals surface area contributed by atoms with Crippen molar-refractivity contribution in [3.05, 3.63) is 87.1 Å². The van der Waals surface area contributed by atoms with Gasteiger partial charge >= 0.3 is 0 Å². The van der Waals surface area contributed by atoms with Gasteiger partial charge in [-0.25, -0.2) is 8.42 Å². The van der Waals surface area contributed by atoms with Crippen LogP contribution in [0.1, 0.15) is 27.5 Å². The van der Waals surface area contributed by atoms with E-state index in [1.165, 1.54) is 43.7 Å². The van der Waals surface area contributed by atoms with Crippen LogP contribution >= 0.6 is 22.9 Å². The third kappa shape index (κ3) is 4.85. The predicted molar refractivity (Wildman–Crippen MR) is 113 cm³/mol. The zero-order valence-corrected chi connectivity index (χ0v) is 18.1. The summed E-state index contributed by atoms with van der Waals surface area (Å²) in [6.45, 7) is 0. The van der Waals surface area contributed by atoms with E-state index in [1.807, 2.05) is 29.0 Å². The van der Waals surface area contributed by atoms with Crippen LogP contribution in [0.4, 0.5) is 0 Å². The van der Waals surface area contributed by atoms with E-state index in [4.69, 9.17) is 16.4 Å². The molecule has 0 saturated heterocycles. The van der Waals surface area contributed by atoms with Gasteiger partial charge in [-0.05, 0) is 58.3 Å². The number of nitrogens with zero attached hydrogens (tertiary/aromatic N) is 1. The van der Waals surface area contributed by atoms with Crippen LogP contribution < -0.4 is 5.32 Å². The Bertz CT molecular complexity index is 1080. The van der Waals surface area contributed by atoms with E-state index in [9.17, 15) is 13.2 Å². The van der Waals surface area contributed by atoms with Crippen molar-refractivity contribution in [2.45, 2.75) is 10.9 Å². The van der Waals surface area contributed by atoms with Crippen LogP contribution in [0, 0.1) is 0 Å². The van der Waals surface area contributed by atoms with Crippen molar-refractivity contribution in [3.8, 4) is 0 Å². The minimum atomic E-state index is -3.86. The highest BCUT2D eigenvalue weighted by Crippen LogP contribution is 2.26. The number of nitrogens with one attached hydrogen (secondary N) is 1. The Hall–Kier alpha value is -2.23. The second-order valence-electron chi connectivity index (χ2n) is 6.14. The van der Waals surface area contributed by atoms with Gasteiger partial charge in [-0.3, -0.25) is 9.63 Å². The first-order chi connectivity index (χ1) is 13.8. The van der Waals surface area contributed by atoms with Crippen molar-refractivity contribution >= 4 is 38.9 Å². The molecule has 0 bridgehead atoms. The monoisotopic (exact) mass is 450 g/mol. The fourth-order valence-corrected chi connectivity index (χ4v) is 4.54. The van der Waals surface area contributed by atoms with E-state index < -0.39 is 22.0 Å². The number of hydrogen-bond acceptors (Lipinski definition) is 5. The summed E-state index contributed by atoms with van der Waals surface area (Å²) in [5, 5.41) is 7.46. The maximum atomic E-state index is 12.9. The van der Waals surface area contributed by atoms with Crippen LogP contribution in [-0.4, -0.2) is 33.0 Å². The first kappa shape index (κ1) is 21.5. The van der Waals surface area contributed by atoms with E-state index in [2.05, 4.69) is 5.32 Å². The Balaban J connectivity index is 1.91. The van der Waals surface area contributed by atoms with Gasteiger partial charge in [0, 0.05) is 17.6 Å². The highest BCUT2D eigenvalue weighted by Gasteiger charge is 2.23. The summed E-state index contributed by atoms with van der Waals surface area (Å²) in [4.78, 5) is 17.7. The third-order valence-corrected chi connectivity index (χ3v) is 6.97. The molecule has 0 spiro atoms. The average molecular weight is 451 g/mol. The Morgan fingerprint density at radius 3 is 2.48 bits per heavy atom. The van der Waals surface area contributed by atoms with Gasteiger partial charge in [0.2, 0.25) is 0 Å². The number of carbonyl (C=O) groups is 1. The molecule has 0 radical (unpaired) electrons. The molecular weight excluding hydrogens is 432 g/mol. The molecule has 9 heteroatoms. The lowest BCUT2D eigenvalue weighted by Crippen LogP contribution is -2.30. The van der Waals surface area contributed by atoms with Gasteiger partial charge in [0.1, 0.15) is 0 Å². The molecule has 1 unspecified atom stereocenters. The molecule has 0 aliphatic heterocycles. The standard InChI is InChI=1S/C20H19ClN2O4S2/c1-23(27-2)29(25,26)18-5-3-4-15(12-18)20(24)22-19(16-10-11-28-13-16)14-6-8-17(21)9-7-14/h3-13,19H,1-2H3,(H,22,24). The Morgan fingerprint density at radius 1 is 1.14 bits per heavy atom. The molecule has 3 rings (SSSR count). The number of carbonyl (C=O) groups excluding carboxylic acids is 1. The maximum Gasteiger partial charge on any atom is 0.264 e. The number of sulfonamides is 1. The van der Waals surface area contributed by atoms with Gasteiger partial charge in [-0.1, -0.05) is 34.3 Å². The number of amides is 1. The SMILES string of the molecule is CON(C)S(=O)(=O)c1cccc(C(=O)NC(c2ccc(Cl)cc2)c2ccsc2)c1. The molecule has 2 aromatic carbocycles. The fourth-order valence-electron chi connectivity index (χ4n) is 2.71. The zero-order chi connectivity index (χ0) is 21.0. The van der Waals surface area contributed by atoms with Crippen molar-refractivity contribution in [2.24, 2.45) is 0 Å². The predicted octanol–water partition coefficient (Wildman–Crippen LogP) is 4.10. The topological polar surface area (TPSA) is 75.7 Å². The molecule has 0 aliphatic carbocycles. The van der Waals surface area contributed by atoms with Gasteiger partial charge in [-0.15, -0.1) is 0 Å². The number of hydrogen-bond donors (Lipinski definition) is 1. The molecule has 29 heavy (non-hydrogen) atoms. The summed E-state index contributed by atoms with van der Waals surface area (Å²) >= 11 is 7.51. The zero-order valence-electron chi connectivity index (χ0n) is 15.7. The van der Waals surface area contributed by atoms with Gasteiger partial charge < -0.3 is 5.32 Å². The highest BCUT2D eigenvalue weighted by atomic mass is 35.5. The summed E-state index contributed by atoms with van der Waals surface area (Å²) < 4.78 is 25.7. The number of benzene rings is 2. The summed E-state index contributed by atoms with van der Waals surface area (Å²) in [7, 11) is -1.31. The molecule has 152 valence electrons. The normalized spacial score (nSPS) is 12.7. The van der Waals surface area contributed by atoms with E-state index >= 15 is 0 Å². The van der Waals surface area contributed by atoms with Crippen LogP contribution in [0.5, 0.6) is 0 Å². The van der Waals surface area contributed by atoms with E-state index in [1.54, 1.807) is 18.2 Å². The van der Waals surface area contributed by atoms with Crippen LogP contribution in [0.25, 0.3) is 0 Å². The smallest absolute Gasteiger partial charge is 0.264 e. The van der Waals surface area contributed by atoms with Gasteiger partial charge in [0.05, 0.1) is 18.0 Å². The minimum absolute atomic E-state index is 0.0342. The van der Waals surface area contributed by atoms with E-state index in [0.29, 0.717) is 5.02 Å². The quantitative estimate of drug-likeness (QED) is 0.550. The van der Waals surface area contributed by atoms with Crippen LogP contribution in [0.2, 0.25) is 5.02 Å². The van der Waals surface area contributed by atoms with Crippen molar-refractivity contribution < 1.29 is 18.0 Å². The molecule has 3 aromatic rings. The van der Waals surface area contributed by atoms with Gasteiger partial charge in [0.15, 0.2) is 0 Å². The molecule has 1 atom stereocenters. The fraction of sp³-hybridized carbons (Fsp3) is 0.150. The van der Waals surface area contributed by atoms with Crippen molar-refractivity contribution in [1.82, 2.24) is 9.79 Å². The molecule has 1 heterocycles. The van der Waals surface area contributed by atoms with Crippen molar-refractivity contribution in [3.63, 3.8) is 0 Å². The Kier molecular flexibility index (Phi) is 6.71. The molecule has 0 saturated carbocycles. The third-order valence-electron chi connectivity index (χ3n) is 4.34.